The van der Waals surface area contributed by atoms with Gasteiger partial charge in [0.15, 0.2) is 0 Å². The van der Waals surface area contributed by atoms with E-state index >= 15 is 0 Å². The van der Waals surface area contributed by atoms with E-state index in [9.17, 15) is 12.8 Å². The summed E-state index contributed by atoms with van der Waals surface area (Å²) >= 11 is 1.23. The third-order valence-electron chi connectivity index (χ3n) is 2.16. The van der Waals surface area contributed by atoms with Crippen LogP contribution in [0.3, 0.4) is 0 Å². The lowest BCUT2D eigenvalue weighted by molar-refractivity contribution is 0.596. The number of nitrogens with two attached hydrogens (primary N) is 1. The monoisotopic (exact) mass is 277 g/mol. The Kier molecular flexibility index (Phi) is 5.42. The Bertz CT molecular complexity index is 474. The highest BCUT2D eigenvalue weighted by atomic mass is 32.2. The molecule has 1 aromatic rings. The van der Waals surface area contributed by atoms with Crippen LogP contribution in [0.15, 0.2) is 23.1 Å². The highest BCUT2D eigenvalue weighted by Gasteiger charge is 2.10. The van der Waals surface area contributed by atoms with Crippen LogP contribution in [0.2, 0.25) is 0 Å². The summed E-state index contributed by atoms with van der Waals surface area (Å²) in [6.07, 6.45) is 1.77. The van der Waals surface area contributed by atoms with Crippen LogP contribution in [0, 0.1) is 5.82 Å². The molecule has 0 fully saturated rings. The van der Waals surface area contributed by atoms with Gasteiger partial charge in [-0.1, -0.05) is 12.1 Å². The molecule has 0 amide bonds. The van der Waals surface area contributed by atoms with Gasteiger partial charge in [0.2, 0.25) is 0 Å². The highest BCUT2D eigenvalue weighted by molar-refractivity contribution is 8.00. The van der Waals surface area contributed by atoms with E-state index in [2.05, 4.69) is 0 Å². The van der Waals surface area contributed by atoms with Crippen molar-refractivity contribution in [2.75, 3.05) is 24.3 Å². The normalized spacial score (nSPS) is 11.7. The van der Waals surface area contributed by atoms with Crippen molar-refractivity contribution in [1.29, 1.82) is 0 Å². The molecule has 2 N–H and O–H groups in total. The molecular weight excluding hydrogens is 261 g/mol. The van der Waals surface area contributed by atoms with Crippen LogP contribution in [-0.2, 0) is 16.3 Å². The van der Waals surface area contributed by atoms with Crippen molar-refractivity contribution in [3.8, 4) is 0 Å². The van der Waals surface area contributed by atoms with Crippen LogP contribution >= 0.6 is 11.8 Å². The summed E-state index contributed by atoms with van der Waals surface area (Å²) in [4.78, 5) is 0.515. The number of thioether (sulfide) groups is 1. The molecule has 96 valence electrons. The molecule has 0 aliphatic heterocycles. The molecule has 0 aliphatic carbocycles. The zero-order chi connectivity index (χ0) is 12.9. The molecule has 1 aromatic carbocycles. The summed E-state index contributed by atoms with van der Waals surface area (Å²) < 4.78 is 35.6. The molecule has 0 aliphatic rings. The second-order valence-electron chi connectivity index (χ2n) is 3.75. The van der Waals surface area contributed by atoms with E-state index in [4.69, 9.17) is 5.73 Å². The van der Waals surface area contributed by atoms with E-state index < -0.39 is 9.84 Å². The van der Waals surface area contributed by atoms with Gasteiger partial charge in [-0.25, -0.2) is 12.8 Å². The summed E-state index contributed by atoms with van der Waals surface area (Å²) in [5, 5.41) is 0. The first-order chi connectivity index (χ1) is 7.94. The molecule has 0 saturated carbocycles. The van der Waals surface area contributed by atoms with Crippen molar-refractivity contribution in [3.63, 3.8) is 0 Å². The molecule has 0 bridgehead atoms. The molecule has 0 radical (unpaired) electrons. The zero-order valence-electron chi connectivity index (χ0n) is 9.65. The molecule has 1 rings (SSSR count). The van der Waals surface area contributed by atoms with Crippen molar-refractivity contribution in [2.45, 2.75) is 11.3 Å². The molecule has 0 unspecified atom stereocenters. The average Bonchev–Trinajstić information content (AvgIpc) is 2.21. The Hall–Kier alpha value is -0.590. The quantitative estimate of drug-likeness (QED) is 0.800. The van der Waals surface area contributed by atoms with Crippen LogP contribution in [0.25, 0.3) is 0 Å². The first kappa shape index (κ1) is 14.5. The molecular formula is C11H16FNO2S2. The lowest BCUT2D eigenvalue weighted by atomic mass is 10.1. The van der Waals surface area contributed by atoms with Crippen LogP contribution in [0.4, 0.5) is 4.39 Å². The summed E-state index contributed by atoms with van der Waals surface area (Å²) in [6, 6.07) is 4.84. The van der Waals surface area contributed by atoms with Crippen LogP contribution in [0.5, 0.6) is 0 Å². The molecule has 0 spiro atoms. The minimum Gasteiger partial charge on any atom is -0.330 e. The summed E-state index contributed by atoms with van der Waals surface area (Å²) in [5.74, 6) is 0.0974. The Morgan fingerprint density at radius 1 is 1.41 bits per heavy atom. The third kappa shape index (κ3) is 5.06. The second kappa shape index (κ2) is 6.37. The SMILES string of the molecule is CS(=O)(=O)CCSc1c(F)cccc1CCN. The van der Waals surface area contributed by atoms with E-state index in [0.717, 1.165) is 5.56 Å². The van der Waals surface area contributed by atoms with Crippen LogP contribution in [0.1, 0.15) is 5.56 Å². The molecule has 6 heteroatoms. The highest BCUT2D eigenvalue weighted by Crippen LogP contribution is 2.26. The van der Waals surface area contributed by atoms with Gasteiger partial charge in [0.1, 0.15) is 15.7 Å². The predicted molar refractivity (Wildman–Crippen MR) is 69.6 cm³/mol. The lowest BCUT2D eigenvalue weighted by Crippen LogP contribution is -2.07. The summed E-state index contributed by atoms with van der Waals surface area (Å²) in [6.45, 7) is 0.448. The molecule has 17 heavy (non-hydrogen) atoms. The number of benzene rings is 1. The van der Waals surface area contributed by atoms with Gasteiger partial charge in [0.05, 0.1) is 5.75 Å². The summed E-state index contributed by atoms with van der Waals surface area (Å²) in [7, 11) is -3.00. The van der Waals surface area contributed by atoms with Crippen molar-refractivity contribution in [1.82, 2.24) is 0 Å². The Morgan fingerprint density at radius 2 is 2.12 bits per heavy atom. The lowest BCUT2D eigenvalue weighted by Gasteiger charge is -2.09. The Labute approximate surface area is 106 Å². The van der Waals surface area contributed by atoms with Gasteiger partial charge >= 0.3 is 0 Å². The first-order valence-corrected chi connectivity index (χ1v) is 8.26. The number of halogens is 1. The first-order valence-electron chi connectivity index (χ1n) is 5.22. The van der Waals surface area contributed by atoms with E-state index in [0.29, 0.717) is 23.6 Å². The largest absolute Gasteiger partial charge is 0.330 e. The number of hydrogen-bond donors (Lipinski definition) is 1. The predicted octanol–water partition coefficient (Wildman–Crippen LogP) is 1.46. The van der Waals surface area contributed by atoms with Gasteiger partial charge in [-0.2, -0.15) is 0 Å². The Balaban J connectivity index is 2.75. The van der Waals surface area contributed by atoms with Crippen molar-refractivity contribution < 1.29 is 12.8 Å². The third-order valence-corrected chi connectivity index (χ3v) is 4.52. The average molecular weight is 277 g/mol. The minimum atomic E-state index is -3.00. The maximum Gasteiger partial charge on any atom is 0.148 e. The van der Waals surface area contributed by atoms with E-state index in [1.54, 1.807) is 6.07 Å². The molecule has 0 atom stereocenters. The number of rotatable bonds is 6. The molecule has 0 saturated heterocycles. The van der Waals surface area contributed by atoms with Gasteiger partial charge < -0.3 is 5.73 Å². The zero-order valence-corrected chi connectivity index (χ0v) is 11.3. The van der Waals surface area contributed by atoms with E-state index in [-0.39, 0.29) is 11.6 Å². The van der Waals surface area contributed by atoms with Gasteiger partial charge in [0, 0.05) is 16.9 Å². The Morgan fingerprint density at radius 3 is 2.71 bits per heavy atom. The maximum atomic E-state index is 13.6. The number of hydrogen-bond acceptors (Lipinski definition) is 4. The number of sulfone groups is 1. The maximum absolute atomic E-state index is 13.6. The smallest absolute Gasteiger partial charge is 0.148 e. The molecule has 0 heterocycles. The fraction of sp³-hybridized carbons (Fsp3) is 0.455. The minimum absolute atomic E-state index is 0.0497. The van der Waals surface area contributed by atoms with Crippen molar-refractivity contribution in [2.24, 2.45) is 5.73 Å². The second-order valence-corrected chi connectivity index (χ2v) is 7.11. The topological polar surface area (TPSA) is 60.2 Å². The van der Waals surface area contributed by atoms with Gasteiger partial charge in [-0.3, -0.25) is 0 Å². The van der Waals surface area contributed by atoms with Crippen LogP contribution < -0.4 is 5.73 Å². The van der Waals surface area contributed by atoms with Crippen molar-refractivity contribution >= 4 is 21.6 Å². The van der Waals surface area contributed by atoms with Gasteiger partial charge in [-0.15, -0.1) is 11.8 Å². The van der Waals surface area contributed by atoms with E-state index in [1.165, 1.54) is 24.1 Å². The van der Waals surface area contributed by atoms with Gasteiger partial charge in [0.25, 0.3) is 0 Å². The summed E-state index contributed by atoms with van der Waals surface area (Å²) in [5.41, 5.74) is 6.29. The van der Waals surface area contributed by atoms with Crippen molar-refractivity contribution in [3.05, 3.63) is 29.6 Å². The standard InChI is InChI=1S/C11H16FNO2S2/c1-17(14,15)8-7-16-11-9(5-6-13)3-2-4-10(11)12/h2-4H,5-8,13H2,1H3. The van der Waals surface area contributed by atoms with Crippen LogP contribution in [-0.4, -0.2) is 32.7 Å². The van der Waals surface area contributed by atoms with E-state index in [1.807, 2.05) is 6.07 Å². The fourth-order valence-electron chi connectivity index (χ4n) is 1.36. The fourth-order valence-corrected chi connectivity index (χ4v) is 3.67. The van der Waals surface area contributed by atoms with Gasteiger partial charge in [-0.05, 0) is 24.6 Å². The molecule has 3 nitrogen and oxygen atoms in total. The molecule has 0 aromatic heterocycles.